The van der Waals surface area contributed by atoms with Gasteiger partial charge in [0.1, 0.15) is 5.82 Å². The number of halogens is 2. The van der Waals surface area contributed by atoms with Gasteiger partial charge in [0.15, 0.2) is 0 Å². The second-order valence-electron chi connectivity index (χ2n) is 6.74. The minimum absolute atomic E-state index is 0.0339. The average molecular weight is 491 g/mol. The fourth-order valence-electron chi connectivity index (χ4n) is 2.90. The van der Waals surface area contributed by atoms with E-state index in [1.54, 1.807) is 24.3 Å². The summed E-state index contributed by atoms with van der Waals surface area (Å²) in [5.74, 6) is -0.650. The van der Waals surface area contributed by atoms with Crippen LogP contribution in [0.1, 0.15) is 24.1 Å². The normalized spacial score (nSPS) is 12.2. The van der Waals surface area contributed by atoms with Gasteiger partial charge in [-0.1, -0.05) is 46.3 Å². The third-order valence-electron chi connectivity index (χ3n) is 4.44. The van der Waals surface area contributed by atoms with E-state index in [1.165, 1.54) is 12.1 Å². The Morgan fingerprint density at radius 3 is 2.27 bits per heavy atom. The smallest absolute Gasteiger partial charge is 0.261 e. The molecule has 1 amide bonds. The molecule has 1 atom stereocenters. The van der Waals surface area contributed by atoms with Gasteiger partial charge >= 0.3 is 0 Å². The van der Waals surface area contributed by atoms with E-state index >= 15 is 0 Å². The van der Waals surface area contributed by atoms with Crippen LogP contribution in [0, 0.1) is 5.82 Å². The van der Waals surface area contributed by atoms with Crippen molar-refractivity contribution in [3.05, 3.63) is 94.2 Å². The van der Waals surface area contributed by atoms with Crippen molar-refractivity contribution < 1.29 is 17.6 Å². The van der Waals surface area contributed by atoms with Crippen molar-refractivity contribution in [2.24, 2.45) is 0 Å². The summed E-state index contributed by atoms with van der Waals surface area (Å²) in [4.78, 5) is 12.3. The first kappa shape index (κ1) is 22.0. The lowest BCUT2D eigenvalue weighted by Crippen LogP contribution is -2.28. The van der Waals surface area contributed by atoms with Crippen molar-refractivity contribution >= 4 is 37.5 Å². The number of amides is 1. The number of anilines is 1. The molecule has 0 bridgehead atoms. The van der Waals surface area contributed by atoms with Crippen LogP contribution in [0.2, 0.25) is 0 Å². The zero-order valence-electron chi connectivity index (χ0n) is 16.1. The highest BCUT2D eigenvalue weighted by Gasteiger charge is 2.15. The lowest BCUT2D eigenvalue weighted by Gasteiger charge is -2.16. The van der Waals surface area contributed by atoms with Crippen molar-refractivity contribution in [2.75, 3.05) is 4.72 Å². The first-order valence-electron chi connectivity index (χ1n) is 9.16. The lowest BCUT2D eigenvalue weighted by atomic mass is 10.1. The molecule has 0 unspecified atom stereocenters. The van der Waals surface area contributed by atoms with E-state index in [4.69, 9.17) is 0 Å². The van der Waals surface area contributed by atoms with E-state index in [2.05, 4.69) is 26.0 Å². The number of carbonyl (C=O) groups is 1. The topological polar surface area (TPSA) is 75.3 Å². The zero-order valence-corrected chi connectivity index (χ0v) is 18.5. The minimum Gasteiger partial charge on any atom is -0.349 e. The standard InChI is InChI=1S/C22H20BrFN2O3S/c1-15(20-4-2-3-5-21(20)23)25-22(27)14-16-6-10-18(11-7-16)26-30(28,29)19-12-8-17(24)9-13-19/h2-13,15,26H,14H2,1H3,(H,25,27)/t15-/m0/s1. The monoisotopic (exact) mass is 490 g/mol. The molecule has 3 rings (SSSR count). The Bertz CT molecular complexity index is 1130. The Hall–Kier alpha value is -2.71. The second-order valence-corrected chi connectivity index (χ2v) is 9.28. The predicted octanol–water partition coefficient (Wildman–Crippen LogP) is 4.81. The van der Waals surface area contributed by atoms with Crippen LogP contribution in [0.5, 0.6) is 0 Å². The Kier molecular flexibility index (Phi) is 6.89. The molecule has 0 aliphatic carbocycles. The van der Waals surface area contributed by atoms with E-state index in [-0.39, 0.29) is 23.3 Å². The van der Waals surface area contributed by atoms with Gasteiger partial charge in [-0.15, -0.1) is 0 Å². The van der Waals surface area contributed by atoms with E-state index < -0.39 is 15.8 Å². The molecule has 0 aliphatic rings. The van der Waals surface area contributed by atoms with Gasteiger partial charge in [-0.3, -0.25) is 9.52 Å². The lowest BCUT2D eigenvalue weighted by molar-refractivity contribution is -0.121. The Morgan fingerprint density at radius 1 is 1.00 bits per heavy atom. The molecule has 0 saturated carbocycles. The van der Waals surface area contributed by atoms with E-state index in [1.807, 2.05) is 31.2 Å². The van der Waals surface area contributed by atoms with Crippen molar-refractivity contribution in [3.8, 4) is 0 Å². The van der Waals surface area contributed by atoms with Crippen LogP contribution in [0.25, 0.3) is 0 Å². The van der Waals surface area contributed by atoms with Gasteiger partial charge in [0.25, 0.3) is 10.0 Å². The van der Waals surface area contributed by atoms with Crippen LogP contribution >= 0.6 is 15.9 Å². The van der Waals surface area contributed by atoms with Gasteiger partial charge in [-0.05, 0) is 60.5 Å². The van der Waals surface area contributed by atoms with E-state index in [0.717, 1.165) is 27.7 Å². The van der Waals surface area contributed by atoms with Crippen LogP contribution in [-0.2, 0) is 21.2 Å². The number of carbonyl (C=O) groups excluding carboxylic acids is 1. The van der Waals surface area contributed by atoms with Gasteiger partial charge in [0, 0.05) is 10.2 Å². The Morgan fingerprint density at radius 2 is 1.63 bits per heavy atom. The summed E-state index contributed by atoms with van der Waals surface area (Å²) in [6.07, 6.45) is 0.166. The summed E-state index contributed by atoms with van der Waals surface area (Å²) in [5, 5.41) is 2.95. The molecule has 30 heavy (non-hydrogen) atoms. The molecule has 0 saturated heterocycles. The van der Waals surface area contributed by atoms with E-state index in [9.17, 15) is 17.6 Å². The van der Waals surface area contributed by atoms with Gasteiger partial charge in [0.2, 0.25) is 5.91 Å². The highest BCUT2D eigenvalue weighted by molar-refractivity contribution is 9.10. The van der Waals surface area contributed by atoms with Crippen molar-refractivity contribution in [2.45, 2.75) is 24.3 Å². The average Bonchev–Trinajstić information content (AvgIpc) is 2.70. The summed E-state index contributed by atoms with van der Waals surface area (Å²) >= 11 is 3.48. The highest BCUT2D eigenvalue weighted by Crippen LogP contribution is 2.23. The summed E-state index contributed by atoms with van der Waals surface area (Å²) in [6.45, 7) is 1.91. The summed E-state index contributed by atoms with van der Waals surface area (Å²) in [5.41, 5.74) is 2.08. The molecular weight excluding hydrogens is 471 g/mol. The molecule has 0 heterocycles. The number of benzene rings is 3. The number of hydrogen-bond acceptors (Lipinski definition) is 3. The van der Waals surface area contributed by atoms with Gasteiger partial charge < -0.3 is 5.32 Å². The predicted molar refractivity (Wildman–Crippen MR) is 118 cm³/mol. The number of sulfonamides is 1. The second kappa shape index (κ2) is 9.40. The number of hydrogen-bond donors (Lipinski definition) is 2. The maximum absolute atomic E-state index is 13.0. The third kappa shape index (κ3) is 5.67. The van der Waals surface area contributed by atoms with Gasteiger partial charge in [-0.2, -0.15) is 0 Å². The molecule has 0 spiro atoms. The van der Waals surface area contributed by atoms with Crippen molar-refractivity contribution in [3.63, 3.8) is 0 Å². The van der Waals surface area contributed by atoms with Crippen LogP contribution in [0.15, 0.2) is 82.2 Å². The number of nitrogens with one attached hydrogen (secondary N) is 2. The summed E-state index contributed by atoms with van der Waals surface area (Å²) in [7, 11) is -3.82. The molecule has 0 aliphatic heterocycles. The van der Waals surface area contributed by atoms with Gasteiger partial charge in [-0.25, -0.2) is 12.8 Å². The highest BCUT2D eigenvalue weighted by atomic mass is 79.9. The minimum atomic E-state index is -3.82. The molecule has 3 aromatic rings. The largest absolute Gasteiger partial charge is 0.349 e. The molecule has 5 nitrogen and oxygen atoms in total. The summed E-state index contributed by atoms with van der Waals surface area (Å²) in [6, 6.07) is 18.6. The fraction of sp³-hybridized carbons (Fsp3) is 0.136. The maximum atomic E-state index is 13.0. The van der Waals surface area contributed by atoms with Crippen LogP contribution in [0.3, 0.4) is 0 Å². The first-order chi connectivity index (χ1) is 14.2. The maximum Gasteiger partial charge on any atom is 0.261 e. The molecule has 156 valence electrons. The number of rotatable bonds is 7. The molecular formula is C22H20BrFN2O3S. The zero-order chi connectivity index (χ0) is 21.7. The van der Waals surface area contributed by atoms with Gasteiger partial charge in [0.05, 0.1) is 17.4 Å². The first-order valence-corrected chi connectivity index (χ1v) is 11.4. The Labute approximate surface area is 183 Å². The SMILES string of the molecule is C[C@H](NC(=O)Cc1ccc(NS(=O)(=O)c2ccc(F)cc2)cc1)c1ccccc1Br. The molecule has 0 fully saturated rings. The van der Waals surface area contributed by atoms with Crippen molar-refractivity contribution in [1.82, 2.24) is 5.32 Å². The molecule has 2 N–H and O–H groups in total. The van der Waals surface area contributed by atoms with Crippen molar-refractivity contribution in [1.29, 1.82) is 0 Å². The van der Waals surface area contributed by atoms with Crippen LogP contribution in [0.4, 0.5) is 10.1 Å². The molecule has 8 heteroatoms. The van der Waals surface area contributed by atoms with Crippen LogP contribution < -0.4 is 10.0 Å². The quantitative estimate of drug-likeness (QED) is 0.498. The Balaban J connectivity index is 1.61. The fourth-order valence-corrected chi connectivity index (χ4v) is 4.59. The third-order valence-corrected chi connectivity index (χ3v) is 6.56. The van der Waals surface area contributed by atoms with Crippen LogP contribution in [-0.4, -0.2) is 14.3 Å². The molecule has 0 aromatic heterocycles. The molecule has 0 radical (unpaired) electrons. The summed E-state index contributed by atoms with van der Waals surface area (Å²) < 4.78 is 41.1. The van der Waals surface area contributed by atoms with E-state index in [0.29, 0.717) is 5.69 Å². The molecule has 3 aromatic carbocycles.